The maximum Gasteiger partial charge on any atom is 0.263 e. The van der Waals surface area contributed by atoms with Gasteiger partial charge >= 0.3 is 0 Å². The van der Waals surface area contributed by atoms with Gasteiger partial charge in [0.2, 0.25) is 0 Å². The molecule has 1 saturated heterocycles. The van der Waals surface area contributed by atoms with Crippen molar-refractivity contribution >= 4 is 11.6 Å². The second kappa shape index (κ2) is 9.06. The topological polar surface area (TPSA) is 80.2 Å². The number of amides is 1. The van der Waals surface area contributed by atoms with Crippen LogP contribution in [0.5, 0.6) is 0 Å². The van der Waals surface area contributed by atoms with Crippen molar-refractivity contribution in [3.63, 3.8) is 0 Å². The van der Waals surface area contributed by atoms with E-state index in [-0.39, 0.29) is 11.5 Å². The maximum absolute atomic E-state index is 12.1. The van der Waals surface area contributed by atoms with Crippen molar-refractivity contribution in [2.24, 2.45) is 0 Å². The zero-order chi connectivity index (χ0) is 17.4. The summed E-state index contributed by atoms with van der Waals surface area (Å²) in [5, 5.41) is 18.4. The second-order valence-corrected chi connectivity index (χ2v) is 5.98. The van der Waals surface area contributed by atoms with E-state index in [2.05, 4.69) is 20.9 Å². The average molecular weight is 327 g/mol. The number of benzene rings is 1. The van der Waals surface area contributed by atoms with Gasteiger partial charge in [0.05, 0.1) is 0 Å². The monoisotopic (exact) mass is 327 g/mol. The molecule has 1 aliphatic heterocycles. The lowest BCUT2D eigenvalue weighted by Gasteiger charge is -2.27. The predicted molar refractivity (Wildman–Crippen MR) is 95.6 cm³/mol. The summed E-state index contributed by atoms with van der Waals surface area (Å²) in [7, 11) is 0. The highest BCUT2D eigenvalue weighted by Gasteiger charge is 2.11. The Morgan fingerprint density at radius 2 is 2.12 bits per heavy atom. The van der Waals surface area contributed by atoms with E-state index < -0.39 is 0 Å². The largest absolute Gasteiger partial charge is 0.360 e. The highest BCUT2D eigenvalue weighted by Crippen LogP contribution is 2.16. The van der Waals surface area contributed by atoms with Gasteiger partial charge in [0, 0.05) is 51.2 Å². The number of aryl methyl sites for hydroxylation is 2. The molecule has 0 saturated carbocycles. The molecule has 6 heteroatoms. The smallest absolute Gasteiger partial charge is 0.263 e. The molecule has 2 rings (SSSR count). The molecule has 128 valence electrons. The van der Waals surface area contributed by atoms with Gasteiger partial charge in [0.15, 0.2) is 0 Å². The summed E-state index contributed by atoms with van der Waals surface area (Å²) in [5.74, 6) is -0.342. The molecule has 3 N–H and O–H groups in total. The van der Waals surface area contributed by atoms with Crippen molar-refractivity contribution in [2.45, 2.75) is 13.8 Å². The van der Waals surface area contributed by atoms with Gasteiger partial charge < -0.3 is 16.0 Å². The van der Waals surface area contributed by atoms with Crippen LogP contribution in [0, 0.1) is 25.2 Å². The third-order valence-electron chi connectivity index (χ3n) is 4.05. The van der Waals surface area contributed by atoms with Gasteiger partial charge in [-0.15, -0.1) is 0 Å². The standard InChI is InChI=1S/C18H25N5O/c1-14-3-4-15(2)17(11-14)22-13-16(12-19)18(24)21-7-10-23-8-5-20-6-9-23/h3-4,11,13,20,22H,5-10H2,1-2H3,(H,21,24)/b16-13-. The molecular weight excluding hydrogens is 302 g/mol. The van der Waals surface area contributed by atoms with Crippen molar-refractivity contribution in [3.8, 4) is 6.07 Å². The maximum atomic E-state index is 12.1. The Kier molecular flexibility index (Phi) is 6.79. The molecule has 0 atom stereocenters. The first-order chi connectivity index (χ1) is 11.6. The van der Waals surface area contributed by atoms with Gasteiger partial charge in [-0.1, -0.05) is 12.1 Å². The number of anilines is 1. The summed E-state index contributed by atoms with van der Waals surface area (Å²) in [6.45, 7) is 9.28. The van der Waals surface area contributed by atoms with Crippen molar-refractivity contribution in [1.82, 2.24) is 15.5 Å². The first-order valence-electron chi connectivity index (χ1n) is 8.25. The second-order valence-electron chi connectivity index (χ2n) is 5.98. The third kappa shape index (κ3) is 5.37. The minimum Gasteiger partial charge on any atom is -0.360 e. The quantitative estimate of drug-likeness (QED) is 0.539. The number of hydrogen-bond donors (Lipinski definition) is 3. The normalized spacial score (nSPS) is 15.6. The molecule has 0 radical (unpaired) electrons. The lowest BCUT2D eigenvalue weighted by Crippen LogP contribution is -2.46. The Hall–Kier alpha value is -2.36. The summed E-state index contributed by atoms with van der Waals surface area (Å²) in [5.41, 5.74) is 3.16. The van der Waals surface area contributed by atoms with E-state index in [0.717, 1.165) is 49.5 Å². The average Bonchev–Trinajstić information content (AvgIpc) is 2.59. The van der Waals surface area contributed by atoms with Crippen molar-refractivity contribution < 1.29 is 4.79 Å². The number of nitriles is 1. The van der Waals surface area contributed by atoms with Gasteiger partial charge in [-0.25, -0.2) is 0 Å². The first kappa shape index (κ1) is 18.0. The number of carbonyl (C=O) groups is 1. The van der Waals surface area contributed by atoms with Crippen LogP contribution < -0.4 is 16.0 Å². The van der Waals surface area contributed by atoms with Crippen LogP contribution in [0.15, 0.2) is 30.0 Å². The molecule has 0 aliphatic carbocycles. The minimum absolute atomic E-state index is 0.0798. The SMILES string of the molecule is Cc1ccc(C)c(N/C=C(/C#N)C(=O)NCCN2CCNCC2)c1. The Balaban J connectivity index is 1.86. The molecule has 1 heterocycles. The molecule has 0 bridgehead atoms. The number of hydrogen-bond acceptors (Lipinski definition) is 5. The Bertz CT molecular complexity index is 641. The number of nitrogens with zero attached hydrogens (tertiary/aromatic N) is 2. The molecule has 24 heavy (non-hydrogen) atoms. The third-order valence-corrected chi connectivity index (χ3v) is 4.05. The van der Waals surface area contributed by atoms with Crippen LogP contribution in [0.25, 0.3) is 0 Å². The molecule has 1 fully saturated rings. The summed E-state index contributed by atoms with van der Waals surface area (Å²) in [4.78, 5) is 14.4. The first-order valence-corrected chi connectivity index (χ1v) is 8.25. The summed E-state index contributed by atoms with van der Waals surface area (Å²) in [6, 6.07) is 7.98. The minimum atomic E-state index is -0.342. The molecule has 6 nitrogen and oxygen atoms in total. The lowest BCUT2D eigenvalue weighted by atomic mass is 10.1. The summed E-state index contributed by atoms with van der Waals surface area (Å²) < 4.78 is 0. The fourth-order valence-corrected chi connectivity index (χ4v) is 2.55. The fourth-order valence-electron chi connectivity index (χ4n) is 2.55. The van der Waals surface area contributed by atoms with E-state index in [1.807, 2.05) is 38.1 Å². The lowest BCUT2D eigenvalue weighted by molar-refractivity contribution is -0.117. The van der Waals surface area contributed by atoms with Gasteiger partial charge in [-0.05, 0) is 31.0 Å². The van der Waals surface area contributed by atoms with Gasteiger partial charge in [-0.3, -0.25) is 9.69 Å². The molecule has 0 unspecified atom stereocenters. The van der Waals surface area contributed by atoms with E-state index >= 15 is 0 Å². The van der Waals surface area contributed by atoms with E-state index in [1.165, 1.54) is 6.20 Å². The molecular formula is C18H25N5O. The number of nitrogens with one attached hydrogen (secondary N) is 3. The number of rotatable bonds is 6. The molecule has 1 aromatic carbocycles. The summed E-state index contributed by atoms with van der Waals surface area (Å²) >= 11 is 0. The van der Waals surface area contributed by atoms with Crippen LogP contribution in [-0.2, 0) is 4.79 Å². The number of carbonyl (C=O) groups excluding carboxylic acids is 1. The van der Waals surface area contributed by atoms with Gasteiger partial charge in [-0.2, -0.15) is 5.26 Å². The van der Waals surface area contributed by atoms with Crippen LogP contribution in [-0.4, -0.2) is 50.1 Å². The highest BCUT2D eigenvalue weighted by molar-refractivity contribution is 5.97. The van der Waals surface area contributed by atoms with Crippen LogP contribution in [0.4, 0.5) is 5.69 Å². The molecule has 1 aliphatic rings. The highest BCUT2D eigenvalue weighted by atomic mass is 16.1. The van der Waals surface area contributed by atoms with E-state index in [0.29, 0.717) is 6.54 Å². The van der Waals surface area contributed by atoms with Gasteiger partial charge in [0.1, 0.15) is 11.6 Å². The van der Waals surface area contributed by atoms with Crippen molar-refractivity contribution in [2.75, 3.05) is 44.6 Å². The predicted octanol–water partition coefficient (Wildman–Crippen LogP) is 1.14. The van der Waals surface area contributed by atoms with Gasteiger partial charge in [0.25, 0.3) is 5.91 Å². The Labute approximate surface area is 143 Å². The molecule has 0 aromatic heterocycles. The summed E-state index contributed by atoms with van der Waals surface area (Å²) in [6.07, 6.45) is 1.47. The zero-order valence-corrected chi connectivity index (χ0v) is 14.4. The fraction of sp³-hybridized carbons (Fsp3) is 0.444. The van der Waals surface area contributed by atoms with Crippen LogP contribution in [0.3, 0.4) is 0 Å². The zero-order valence-electron chi connectivity index (χ0n) is 14.4. The van der Waals surface area contributed by atoms with E-state index in [1.54, 1.807) is 0 Å². The Morgan fingerprint density at radius 3 is 2.83 bits per heavy atom. The van der Waals surface area contributed by atoms with Crippen LogP contribution >= 0.6 is 0 Å². The Morgan fingerprint density at radius 1 is 1.38 bits per heavy atom. The number of piperazine rings is 1. The van der Waals surface area contributed by atoms with E-state index in [9.17, 15) is 10.1 Å². The van der Waals surface area contributed by atoms with Crippen molar-refractivity contribution in [1.29, 1.82) is 5.26 Å². The molecule has 0 spiro atoms. The van der Waals surface area contributed by atoms with Crippen LogP contribution in [0.1, 0.15) is 11.1 Å². The molecule has 1 aromatic rings. The van der Waals surface area contributed by atoms with Crippen LogP contribution in [0.2, 0.25) is 0 Å². The van der Waals surface area contributed by atoms with E-state index in [4.69, 9.17) is 0 Å². The van der Waals surface area contributed by atoms with Crippen molar-refractivity contribution in [3.05, 3.63) is 41.1 Å². The molecule has 1 amide bonds.